The number of nitrogens with one attached hydrogen (secondary N) is 2. The van der Waals surface area contributed by atoms with Gasteiger partial charge in [-0.05, 0) is 49.7 Å². The summed E-state index contributed by atoms with van der Waals surface area (Å²) >= 11 is 11.9. The first kappa shape index (κ1) is 20.2. The molecule has 2 rings (SSSR count). The van der Waals surface area contributed by atoms with E-state index in [1.54, 1.807) is 30.3 Å². The van der Waals surface area contributed by atoms with E-state index >= 15 is 0 Å². The summed E-state index contributed by atoms with van der Waals surface area (Å²) in [5, 5.41) is 5.99. The van der Waals surface area contributed by atoms with Gasteiger partial charge in [-0.3, -0.25) is 9.59 Å². The van der Waals surface area contributed by atoms with Gasteiger partial charge in [-0.25, -0.2) is 0 Å². The zero-order valence-corrected chi connectivity index (χ0v) is 16.0. The third kappa shape index (κ3) is 6.33. The van der Waals surface area contributed by atoms with E-state index in [2.05, 4.69) is 10.6 Å². The number of benzene rings is 2. The van der Waals surface area contributed by atoms with Crippen LogP contribution < -0.4 is 10.6 Å². The van der Waals surface area contributed by atoms with Crippen molar-refractivity contribution in [3.05, 3.63) is 63.6 Å². The quantitative estimate of drug-likeness (QED) is 0.735. The Morgan fingerprint density at radius 3 is 2.42 bits per heavy atom. The molecule has 2 aromatic carbocycles. The van der Waals surface area contributed by atoms with E-state index in [0.29, 0.717) is 27.9 Å². The van der Waals surface area contributed by atoms with Crippen LogP contribution >= 0.6 is 23.2 Å². The van der Waals surface area contributed by atoms with Gasteiger partial charge in [0.05, 0.1) is 30.0 Å². The number of amides is 2. The standard InChI is InChI=1S/C19H20Cl2N2O3/c1-12(2)26-11-13-3-5-14(6-4-13)19(25)22-10-18(24)23-17-9-15(20)7-8-16(17)21/h3-9,12H,10-11H2,1-2H3,(H,22,25)(H,23,24). The SMILES string of the molecule is CC(C)OCc1ccc(C(=O)NCC(=O)Nc2cc(Cl)ccc2Cl)cc1. The van der Waals surface area contributed by atoms with Crippen LogP contribution in [0.4, 0.5) is 5.69 Å². The van der Waals surface area contributed by atoms with E-state index in [0.717, 1.165) is 5.56 Å². The third-order valence-electron chi connectivity index (χ3n) is 3.41. The van der Waals surface area contributed by atoms with Gasteiger partial charge in [0.25, 0.3) is 5.91 Å². The Balaban J connectivity index is 1.85. The van der Waals surface area contributed by atoms with Crippen LogP contribution in [0, 0.1) is 0 Å². The van der Waals surface area contributed by atoms with Crippen LogP contribution in [0.5, 0.6) is 0 Å². The second-order valence-electron chi connectivity index (χ2n) is 5.91. The average molecular weight is 395 g/mol. The Kier molecular flexibility index (Phi) is 7.45. The Morgan fingerprint density at radius 2 is 1.77 bits per heavy atom. The molecule has 0 fully saturated rings. The molecule has 0 atom stereocenters. The Morgan fingerprint density at radius 1 is 1.08 bits per heavy atom. The lowest BCUT2D eigenvalue weighted by Gasteiger charge is -2.10. The summed E-state index contributed by atoms with van der Waals surface area (Å²) in [6.45, 7) is 4.23. The summed E-state index contributed by atoms with van der Waals surface area (Å²) < 4.78 is 5.51. The molecule has 0 saturated heterocycles. The minimum Gasteiger partial charge on any atom is -0.374 e. The summed E-state index contributed by atoms with van der Waals surface area (Å²) in [4.78, 5) is 24.1. The predicted molar refractivity (Wildman–Crippen MR) is 104 cm³/mol. The lowest BCUT2D eigenvalue weighted by Crippen LogP contribution is -2.32. The Labute approximate surface area is 162 Å². The first-order valence-corrected chi connectivity index (χ1v) is 8.84. The van der Waals surface area contributed by atoms with E-state index in [4.69, 9.17) is 27.9 Å². The molecule has 7 heteroatoms. The van der Waals surface area contributed by atoms with Crippen LogP contribution in [0.1, 0.15) is 29.8 Å². The summed E-state index contributed by atoms with van der Waals surface area (Å²) in [5.41, 5.74) is 1.84. The second-order valence-corrected chi connectivity index (χ2v) is 6.76. The number of rotatable bonds is 7. The van der Waals surface area contributed by atoms with E-state index in [9.17, 15) is 9.59 Å². The summed E-state index contributed by atoms with van der Waals surface area (Å²) in [7, 11) is 0. The number of anilines is 1. The van der Waals surface area contributed by atoms with Crippen molar-refractivity contribution in [3.8, 4) is 0 Å². The largest absolute Gasteiger partial charge is 0.374 e. The highest BCUT2D eigenvalue weighted by atomic mass is 35.5. The zero-order valence-electron chi connectivity index (χ0n) is 14.5. The van der Waals surface area contributed by atoms with Crippen molar-refractivity contribution in [3.63, 3.8) is 0 Å². The molecule has 5 nitrogen and oxygen atoms in total. The van der Waals surface area contributed by atoms with E-state index in [1.807, 2.05) is 26.0 Å². The predicted octanol–water partition coefficient (Wildman–Crippen LogP) is 4.29. The molecule has 2 aromatic rings. The molecule has 0 aliphatic heterocycles. The molecule has 0 saturated carbocycles. The van der Waals surface area contributed by atoms with E-state index in [1.165, 1.54) is 0 Å². The molecule has 0 aromatic heterocycles. The van der Waals surface area contributed by atoms with Gasteiger partial charge < -0.3 is 15.4 Å². The fourth-order valence-corrected chi connectivity index (χ4v) is 2.40. The molecule has 0 aliphatic rings. The van der Waals surface area contributed by atoms with Gasteiger partial charge in [-0.2, -0.15) is 0 Å². The van der Waals surface area contributed by atoms with Crippen LogP contribution in [0.2, 0.25) is 10.0 Å². The van der Waals surface area contributed by atoms with Crippen molar-refractivity contribution >= 4 is 40.7 Å². The van der Waals surface area contributed by atoms with E-state index in [-0.39, 0.29) is 18.6 Å². The smallest absolute Gasteiger partial charge is 0.251 e. The second kappa shape index (κ2) is 9.57. The minimum atomic E-state index is -0.399. The van der Waals surface area contributed by atoms with Crippen molar-refractivity contribution in [2.45, 2.75) is 26.6 Å². The number of hydrogen-bond donors (Lipinski definition) is 2. The maximum atomic E-state index is 12.1. The molecule has 0 bridgehead atoms. The average Bonchev–Trinajstić information content (AvgIpc) is 2.61. The summed E-state index contributed by atoms with van der Waals surface area (Å²) in [5.74, 6) is -0.738. The molecule has 0 radical (unpaired) electrons. The van der Waals surface area contributed by atoms with Crippen LogP contribution in [-0.2, 0) is 16.1 Å². The van der Waals surface area contributed by atoms with E-state index < -0.39 is 5.91 Å². The van der Waals surface area contributed by atoms with Gasteiger partial charge in [-0.1, -0.05) is 35.3 Å². The highest BCUT2D eigenvalue weighted by molar-refractivity contribution is 6.35. The molecule has 0 heterocycles. The molecule has 0 spiro atoms. The van der Waals surface area contributed by atoms with Gasteiger partial charge in [0, 0.05) is 10.6 Å². The molecule has 0 aliphatic carbocycles. The number of carbonyl (C=O) groups excluding carboxylic acids is 2. The van der Waals surface area contributed by atoms with Crippen LogP contribution in [0.25, 0.3) is 0 Å². The van der Waals surface area contributed by atoms with Gasteiger partial charge in [-0.15, -0.1) is 0 Å². The van der Waals surface area contributed by atoms with Crippen molar-refractivity contribution in [1.82, 2.24) is 5.32 Å². The normalized spacial score (nSPS) is 10.7. The monoisotopic (exact) mass is 394 g/mol. The first-order valence-electron chi connectivity index (χ1n) is 8.09. The number of carbonyl (C=O) groups is 2. The summed E-state index contributed by atoms with van der Waals surface area (Å²) in [6, 6.07) is 11.8. The highest BCUT2D eigenvalue weighted by Crippen LogP contribution is 2.25. The Bertz CT molecular complexity index is 777. The van der Waals surface area contributed by atoms with Crippen molar-refractivity contribution in [2.75, 3.05) is 11.9 Å². The van der Waals surface area contributed by atoms with Crippen LogP contribution in [0.3, 0.4) is 0 Å². The fourth-order valence-electron chi connectivity index (χ4n) is 2.07. The molecular formula is C19H20Cl2N2O3. The number of hydrogen-bond acceptors (Lipinski definition) is 3. The van der Waals surface area contributed by atoms with Gasteiger partial charge in [0.2, 0.25) is 5.91 Å². The maximum Gasteiger partial charge on any atom is 0.251 e. The van der Waals surface area contributed by atoms with Crippen molar-refractivity contribution in [2.24, 2.45) is 0 Å². The third-order valence-corrected chi connectivity index (χ3v) is 3.98. The first-order chi connectivity index (χ1) is 12.3. The molecule has 138 valence electrons. The van der Waals surface area contributed by atoms with Gasteiger partial charge in [0.1, 0.15) is 0 Å². The molecular weight excluding hydrogens is 375 g/mol. The highest BCUT2D eigenvalue weighted by Gasteiger charge is 2.10. The lowest BCUT2D eigenvalue weighted by molar-refractivity contribution is -0.115. The van der Waals surface area contributed by atoms with Crippen molar-refractivity contribution < 1.29 is 14.3 Å². The molecule has 2 amide bonds. The van der Waals surface area contributed by atoms with Crippen LogP contribution in [-0.4, -0.2) is 24.5 Å². The fraction of sp³-hybridized carbons (Fsp3) is 0.263. The number of halogens is 2. The lowest BCUT2D eigenvalue weighted by atomic mass is 10.1. The Hall–Kier alpha value is -2.08. The summed E-state index contributed by atoms with van der Waals surface area (Å²) in [6.07, 6.45) is 0.143. The number of ether oxygens (including phenoxy) is 1. The minimum absolute atomic E-state index is 0.143. The molecule has 2 N–H and O–H groups in total. The molecule has 26 heavy (non-hydrogen) atoms. The maximum absolute atomic E-state index is 12.1. The van der Waals surface area contributed by atoms with Gasteiger partial charge >= 0.3 is 0 Å². The van der Waals surface area contributed by atoms with Crippen molar-refractivity contribution in [1.29, 1.82) is 0 Å². The van der Waals surface area contributed by atoms with Crippen LogP contribution in [0.15, 0.2) is 42.5 Å². The van der Waals surface area contributed by atoms with Gasteiger partial charge in [0.15, 0.2) is 0 Å². The molecule has 0 unspecified atom stereocenters. The topological polar surface area (TPSA) is 67.4 Å². The zero-order chi connectivity index (χ0) is 19.1.